The van der Waals surface area contributed by atoms with Gasteiger partial charge in [-0.15, -0.1) is 0 Å². The summed E-state index contributed by atoms with van der Waals surface area (Å²) in [5.41, 5.74) is 0. The second kappa shape index (κ2) is 6.54. The number of benzene rings is 1. The van der Waals surface area contributed by atoms with Gasteiger partial charge in [-0.3, -0.25) is 0 Å². The Balaban J connectivity index is 2.02. The Labute approximate surface area is 127 Å². The fourth-order valence-corrected chi connectivity index (χ4v) is 3.69. The van der Waals surface area contributed by atoms with Crippen molar-refractivity contribution in [1.82, 2.24) is 10.0 Å². The van der Waals surface area contributed by atoms with Crippen LogP contribution < -0.4 is 10.0 Å². The normalized spacial score (nSPS) is 20.4. The third-order valence-corrected chi connectivity index (χ3v) is 5.82. The van der Waals surface area contributed by atoms with Gasteiger partial charge < -0.3 is 5.32 Å². The van der Waals surface area contributed by atoms with E-state index in [0.29, 0.717) is 22.0 Å². The summed E-state index contributed by atoms with van der Waals surface area (Å²) in [6.45, 7) is 2.35. The van der Waals surface area contributed by atoms with Crippen LogP contribution in [0.1, 0.15) is 12.8 Å². The molecule has 0 aliphatic carbocycles. The molecular formula is C12H16BrClN2O2S. The molecule has 1 saturated heterocycles. The summed E-state index contributed by atoms with van der Waals surface area (Å²) in [4.78, 5) is 0.199. The lowest BCUT2D eigenvalue weighted by molar-refractivity contribution is 0.376. The highest BCUT2D eigenvalue weighted by Crippen LogP contribution is 2.25. The van der Waals surface area contributed by atoms with Crippen molar-refractivity contribution >= 4 is 37.6 Å². The van der Waals surface area contributed by atoms with Crippen LogP contribution in [0.3, 0.4) is 0 Å². The lowest BCUT2D eigenvalue weighted by Gasteiger charge is -2.22. The summed E-state index contributed by atoms with van der Waals surface area (Å²) in [7, 11) is -3.48. The van der Waals surface area contributed by atoms with Crippen LogP contribution in [0.25, 0.3) is 0 Å². The minimum absolute atomic E-state index is 0.199. The minimum atomic E-state index is -3.48. The molecule has 1 aliphatic rings. The Morgan fingerprint density at radius 2 is 2.26 bits per heavy atom. The predicted octanol–water partition coefficient (Wildman–Crippen LogP) is 2.38. The molecule has 19 heavy (non-hydrogen) atoms. The van der Waals surface area contributed by atoms with Crippen LogP contribution >= 0.6 is 27.5 Å². The fraction of sp³-hybridized carbons (Fsp3) is 0.500. The highest BCUT2D eigenvalue weighted by Gasteiger charge is 2.19. The molecule has 0 bridgehead atoms. The molecule has 0 aromatic heterocycles. The Morgan fingerprint density at radius 1 is 1.47 bits per heavy atom. The molecule has 1 unspecified atom stereocenters. The average molecular weight is 368 g/mol. The van der Waals surface area contributed by atoms with Crippen molar-refractivity contribution < 1.29 is 8.42 Å². The van der Waals surface area contributed by atoms with Gasteiger partial charge in [-0.25, -0.2) is 13.1 Å². The first kappa shape index (κ1) is 15.3. The smallest absolute Gasteiger partial charge is 0.240 e. The standard InChI is InChI=1S/C12H16BrClN2O2S/c13-11-4-3-10(6-12(11)14)19(17,18)16-8-9-2-1-5-15-7-9/h3-4,6,9,15-16H,1-2,5,7-8H2. The van der Waals surface area contributed by atoms with Crippen LogP contribution in [0.5, 0.6) is 0 Å². The Hall–Kier alpha value is -0.140. The molecule has 2 rings (SSSR count). The van der Waals surface area contributed by atoms with Crippen LogP contribution in [0.2, 0.25) is 5.02 Å². The van der Waals surface area contributed by atoms with Crippen LogP contribution in [0.4, 0.5) is 0 Å². The van der Waals surface area contributed by atoms with Crippen molar-refractivity contribution in [3.63, 3.8) is 0 Å². The lowest BCUT2D eigenvalue weighted by Crippen LogP contribution is -2.38. The zero-order valence-corrected chi connectivity index (χ0v) is 13.5. The average Bonchev–Trinajstić information content (AvgIpc) is 2.41. The summed E-state index contributed by atoms with van der Waals surface area (Å²) in [6.07, 6.45) is 2.15. The number of halogens is 2. The van der Waals surface area contributed by atoms with Gasteiger partial charge in [0.05, 0.1) is 9.92 Å². The molecule has 0 amide bonds. The summed E-state index contributed by atoms with van der Waals surface area (Å²) < 4.78 is 27.6. The van der Waals surface area contributed by atoms with Gasteiger partial charge >= 0.3 is 0 Å². The molecule has 1 heterocycles. The van der Waals surface area contributed by atoms with E-state index < -0.39 is 10.0 Å². The molecule has 0 saturated carbocycles. The van der Waals surface area contributed by atoms with Gasteiger partial charge in [-0.05, 0) is 66.0 Å². The first-order valence-corrected chi connectivity index (χ1v) is 8.80. The van der Waals surface area contributed by atoms with Crippen LogP contribution in [0, 0.1) is 5.92 Å². The molecule has 1 aromatic carbocycles. The molecular weight excluding hydrogens is 352 g/mol. The van der Waals surface area contributed by atoms with Crippen molar-refractivity contribution in [2.75, 3.05) is 19.6 Å². The number of piperidine rings is 1. The van der Waals surface area contributed by atoms with Crippen molar-refractivity contribution in [1.29, 1.82) is 0 Å². The third-order valence-electron chi connectivity index (χ3n) is 3.16. The molecule has 7 heteroatoms. The van der Waals surface area contributed by atoms with Crippen molar-refractivity contribution in [2.45, 2.75) is 17.7 Å². The topological polar surface area (TPSA) is 58.2 Å². The van der Waals surface area contributed by atoms with Crippen molar-refractivity contribution in [3.8, 4) is 0 Å². The van der Waals surface area contributed by atoms with E-state index in [1.165, 1.54) is 12.1 Å². The third kappa shape index (κ3) is 4.16. The highest BCUT2D eigenvalue weighted by molar-refractivity contribution is 9.10. The number of sulfonamides is 1. The SMILES string of the molecule is O=S(=O)(NCC1CCCNC1)c1ccc(Br)c(Cl)c1. The van der Waals surface area contributed by atoms with E-state index in [1.807, 2.05) is 0 Å². The first-order valence-electron chi connectivity index (χ1n) is 6.14. The van der Waals surface area contributed by atoms with E-state index in [0.717, 1.165) is 25.9 Å². The van der Waals surface area contributed by atoms with Gasteiger partial charge in [-0.2, -0.15) is 0 Å². The van der Waals surface area contributed by atoms with E-state index in [4.69, 9.17) is 11.6 Å². The number of nitrogens with one attached hydrogen (secondary N) is 2. The molecule has 1 aromatic rings. The summed E-state index contributed by atoms with van der Waals surface area (Å²) in [5, 5.41) is 3.66. The second-order valence-corrected chi connectivity index (χ2v) is 7.67. The highest BCUT2D eigenvalue weighted by atomic mass is 79.9. The Bertz CT molecular complexity index is 545. The molecule has 2 N–H and O–H groups in total. The maximum Gasteiger partial charge on any atom is 0.240 e. The van der Waals surface area contributed by atoms with Crippen molar-refractivity contribution in [2.24, 2.45) is 5.92 Å². The predicted molar refractivity (Wildman–Crippen MR) is 79.9 cm³/mol. The van der Waals surface area contributed by atoms with E-state index in [9.17, 15) is 8.42 Å². The zero-order chi connectivity index (χ0) is 13.9. The zero-order valence-electron chi connectivity index (χ0n) is 10.3. The largest absolute Gasteiger partial charge is 0.316 e. The Morgan fingerprint density at radius 3 is 2.89 bits per heavy atom. The number of rotatable bonds is 4. The molecule has 1 aliphatic heterocycles. The summed E-state index contributed by atoms with van der Waals surface area (Å²) in [6, 6.07) is 4.63. The quantitative estimate of drug-likeness (QED) is 0.859. The first-order chi connectivity index (χ1) is 8.99. The molecule has 4 nitrogen and oxygen atoms in total. The van der Waals surface area contributed by atoms with Gasteiger partial charge in [0.25, 0.3) is 0 Å². The fourth-order valence-electron chi connectivity index (χ4n) is 2.05. The maximum atomic E-state index is 12.1. The van der Waals surface area contributed by atoms with E-state index in [1.54, 1.807) is 6.07 Å². The van der Waals surface area contributed by atoms with E-state index >= 15 is 0 Å². The van der Waals surface area contributed by atoms with E-state index in [2.05, 4.69) is 26.0 Å². The molecule has 0 spiro atoms. The van der Waals surface area contributed by atoms with Crippen molar-refractivity contribution in [3.05, 3.63) is 27.7 Å². The minimum Gasteiger partial charge on any atom is -0.316 e. The van der Waals surface area contributed by atoms with Gasteiger partial charge in [-0.1, -0.05) is 11.6 Å². The van der Waals surface area contributed by atoms with Crippen LogP contribution in [0.15, 0.2) is 27.6 Å². The molecule has 0 radical (unpaired) electrons. The molecule has 106 valence electrons. The maximum absolute atomic E-state index is 12.1. The van der Waals surface area contributed by atoms with Crippen LogP contribution in [-0.4, -0.2) is 28.1 Å². The van der Waals surface area contributed by atoms with Gasteiger partial charge in [0.15, 0.2) is 0 Å². The van der Waals surface area contributed by atoms with Gasteiger partial charge in [0, 0.05) is 11.0 Å². The second-order valence-electron chi connectivity index (χ2n) is 4.64. The van der Waals surface area contributed by atoms with Crippen LogP contribution in [-0.2, 0) is 10.0 Å². The lowest BCUT2D eigenvalue weighted by atomic mass is 10.0. The number of hydrogen-bond donors (Lipinski definition) is 2. The van der Waals surface area contributed by atoms with Gasteiger partial charge in [0.2, 0.25) is 10.0 Å². The summed E-state index contributed by atoms with van der Waals surface area (Å²) >= 11 is 9.16. The molecule has 1 fully saturated rings. The summed E-state index contributed by atoms with van der Waals surface area (Å²) in [5.74, 6) is 0.356. The van der Waals surface area contributed by atoms with E-state index in [-0.39, 0.29) is 4.90 Å². The Kier molecular flexibility index (Phi) is 5.25. The monoisotopic (exact) mass is 366 g/mol. The number of hydrogen-bond acceptors (Lipinski definition) is 3. The molecule has 1 atom stereocenters. The van der Waals surface area contributed by atoms with Gasteiger partial charge in [0.1, 0.15) is 0 Å².